The van der Waals surface area contributed by atoms with E-state index in [2.05, 4.69) is 0 Å². The maximum absolute atomic E-state index is 9.23. The summed E-state index contributed by atoms with van der Waals surface area (Å²) in [6.07, 6.45) is 0. The topological polar surface area (TPSA) is 101 Å². The Bertz CT molecular complexity index is 320. The predicted molar refractivity (Wildman–Crippen MR) is 39.4 cm³/mol. The van der Waals surface area contributed by atoms with E-state index in [0.29, 0.717) is 0 Å². The molecule has 0 fully saturated rings. The van der Waals surface area contributed by atoms with E-state index < -0.39 is 50.0 Å². The van der Waals surface area contributed by atoms with Crippen LogP contribution in [0.25, 0.3) is 0 Å². The van der Waals surface area contributed by atoms with E-state index >= 15 is 0 Å². The fourth-order valence-electron chi connectivity index (χ4n) is 0.836. The number of phenolic OH excluding ortho intramolecular Hbond substituents is 5. The van der Waals surface area contributed by atoms with Crippen LogP contribution in [-0.4, -0.2) is 30.5 Å². The van der Waals surface area contributed by atoms with Gasteiger partial charge in [0.1, 0.15) is 0 Å². The standard InChI is InChI=1S/C7H8IO5/c1-8-2-3(9)5(11)7(13)6(12)4(2)10/h9-13H,1H3/q-1. The molecule has 0 bridgehead atoms. The molecular weight excluding hydrogens is 291 g/mol. The van der Waals surface area contributed by atoms with E-state index in [1.807, 2.05) is 0 Å². The molecule has 6 heteroatoms. The van der Waals surface area contributed by atoms with Crippen molar-refractivity contribution in [1.29, 1.82) is 0 Å². The van der Waals surface area contributed by atoms with Crippen LogP contribution in [0.3, 0.4) is 0 Å². The molecular formula is C7H8IO5-. The maximum atomic E-state index is 9.23. The summed E-state index contributed by atoms with van der Waals surface area (Å²) in [5, 5.41) is 45.6. The molecule has 1 rings (SSSR count). The van der Waals surface area contributed by atoms with Gasteiger partial charge in [-0.2, -0.15) is 0 Å². The Morgan fingerprint density at radius 2 is 1.00 bits per heavy atom. The zero-order chi connectivity index (χ0) is 10.2. The van der Waals surface area contributed by atoms with Crippen molar-refractivity contribution in [2.24, 2.45) is 0 Å². The first kappa shape index (κ1) is 10.0. The molecule has 0 spiro atoms. The number of aromatic hydroxyl groups is 5. The van der Waals surface area contributed by atoms with E-state index in [4.69, 9.17) is 15.3 Å². The Kier molecular flexibility index (Phi) is 2.60. The van der Waals surface area contributed by atoms with Crippen molar-refractivity contribution in [1.82, 2.24) is 0 Å². The van der Waals surface area contributed by atoms with Crippen molar-refractivity contribution >= 4 is 0 Å². The van der Waals surface area contributed by atoms with Gasteiger partial charge in [-0.1, -0.05) is 0 Å². The van der Waals surface area contributed by atoms with Crippen LogP contribution in [0, 0.1) is 3.57 Å². The molecule has 0 saturated carbocycles. The van der Waals surface area contributed by atoms with Gasteiger partial charge in [0.15, 0.2) is 0 Å². The summed E-state index contributed by atoms with van der Waals surface area (Å²) in [6.45, 7) is 0. The molecule has 5 nitrogen and oxygen atoms in total. The van der Waals surface area contributed by atoms with Gasteiger partial charge < -0.3 is 0 Å². The molecule has 0 aliphatic carbocycles. The van der Waals surface area contributed by atoms with Crippen LogP contribution < -0.4 is 21.2 Å². The second kappa shape index (κ2) is 3.36. The molecule has 1 aromatic carbocycles. The number of halogens is 1. The fraction of sp³-hybridized carbons (Fsp3) is 0.143. The number of hydrogen-bond acceptors (Lipinski definition) is 5. The Hall–Kier alpha value is -1.05. The molecule has 13 heavy (non-hydrogen) atoms. The van der Waals surface area contributed by atoms with Gasteiger partial charge in [0.05, 0.1) is 0 Å². The van der Waals surface area contributed by atoms with Crippen LogP contribution in [0.2, 0.25) is 0 Å². The number of rotatable bonds is 1. The first-order valence-corrected chi connectivity index (χ1v) is 6.42. The molecule has 74 valence electrons. The fourth-order valence-corrected chi connectivity index (χ4v) is 2.37. The molecule has 0 saturated heterocycles. The van der Waals surface area contributed by atoms with Crippen LogP contribution in [0.4, 0.5) is 0 Å². The predicted octanol–water partition coefficient (Wildman–Crippen LogP) is -2.90. The van der Waals surface area contributed by atoms with Gasteiger partial charge >= 0.3 is 84.0 Å². The van der Waals surface area contributed by atoms with Gasteiger partial charge in [-0.05, 0) is 0 Å². The average molecular weight is 299 g/mol. The molecule has 0 atom stereocenters. The van der Waals surface area contributed by atoms with Gasteiger partial charge in [-0.25, -0.2) is 0 Å². The second-order valence-electron chi connectivity index (χ2n) is 2.25. The summed E-state index contributed by atoms with van der Waals surface area (Å²) in [7, 11) is 0. The number of benzene rings is 1. The summed E-state index contributed by atoms with van der Waals surface area (Å²) in [6, 6.07) is 0. The third-order valence-corrected chi connectivity index (χ3v) is 3.60. The average Bonchev–Trinajstić information content (AvgIpc) is 2.13. The van der Waals surface area contributed by atoms with Gasteiger partial charge in [-0.3, -0.25) is 0 Å². The van der Waals surface area contributed by atoms with Crippen LogP contribution in [0.1, 0.15) is 0 Å². The minimum atomic E-state index is -0.906. The van der Waals surface area contributed by atoms with Gasteiger partial charge in [0.25, 0.3) is 0 Å². The molecule has 0 aliphatic rings. The van der Waals surface area contributed by atoms with Crippen LogP contribution in [0.15, 0.2) is 0 Å². The molecule has 5 N–H and O–H groups in total. The zero-order valence-electron chi connectivity index (χ0n) is 6.61. The van der Waals surface area contributed by atoms with E-state index in [0.717, 1.165) is 0 Å². The van der Waals surface area contributed by atoms with Crippen molar-refractivity contribution in [3.8, 4) is 28.7 Å². The van der Waals surface area contributed by atoms with Gasteiger partial charge in [-0.15, -0.1) is 0 Å². The summed E-state index contributed by atoms with van der Waals surface area (Å²) >= 11 is -0.712. The van der Waals surface area contributed by atoms with Crippen molar-refractivity contribution < 1.29 is 46.7 Å². The molecule has 0 unspecified atom stereocenters. The number of hydrogen-bond donors (Lipinski definition) is 5. The van der Waals surface area contributed by atoms with Crippen molar-refractivity contribution in [2.45, 2.75) is 0 Å². The van der Waals surface area contributed by atoms with E-state index in [1.54, 1.807) is 4.93 Å². The van der Waals surface area contributed by atoms with Gasteiger partial charge in [0, 0.05) is 0 Å². The van der Waals surface area contributed by atoms with Crippen LogP contribution in [0.5, 0.6) is 28.7 Å². The van der Waals surface area contributed by atoms with Gasteiger partial charge in [0.2, 0.25) is 0 Å². The van der Waals surface area contributed by atoms with E-state index in [1.165, 1.54) is 0 Å². The Morgan fingerprint density at radius 3 is 1.31 bits per heavy atom. The monoisotopic (exact) mass is 299 g/mol. The summed E-state index contributed by atoms with van der Waals surface area (Å²) in [5.74, 6) is -3.64. The first-order valence-electron chi connectivity index (χ1n) is 3.18. The molecule has 0 heterocycles. The molecule has 0 radical (unpaired) electrons. The number of phenols is 5. The molecule has 1 aromatic rings. The summed E-state index contributed by atoms with van der Waals surface area (Å²) in [5.41, 5.74) is 0. The van der Waals surface area contributed by atoms with E-state index in [-0.39, 0.29) is 3.57 Å². The minimum absolute atomic E-state index is 0.103. The molecule has 0 aliphatic heterocycles. The first-order chi connectivity index (χ1) is 6.00. The number of alkyl halides is 1. The van der Waals surface area contributed by atoms with E-state index in [9.17, 15) is 10.2 Å². The normalized spacial score (nSPS) is 10.5. The summed E-state index contributed by atoms with van der Waals surface area (Å²) in [4.78, 5) is 1.73. The quantitative estimate of drug-likeness (QED) is 0.166. The van der Waals surface area contributed by atoms with Crippen LogP contribution in [-0.2, 0) is 0 Å². The molecule has 0 aromatic heterocycles. The third-order valence-electron chi connectivity index (χ3n) is 1.50. The van der Waals surface area contributed by atoms with Crippen molar-refractivity contribution in [3.05, 3.63) is 3.57 Å². The SMILES string of the molecule is C[I-]c1c(O)c(O)c(O)c(O)c1O. The Morgan fingerprint density at radius 1 is 0.692 bits per heavy atom. The molecule has 0 amide bonds. The van der Waals surface area contributed by atoms with Crippen LogP contribution >= 0.6 is 0 Å². The van der Waals surface area contributed by atoms with Crippen molar-refractivity contribution in [2.75, 3.05) is 4.93 Å². The van der Waals surface area contributed by atoms with Crippen molar-refractivity contribution in [3.63, 3.8) is 0 Å². The zero-order valence-corrected chi connectivity index (χ0v) is 8.77. The second-order valence-corrected chi connectivity index (χ2v) is 4.40. The third kappa shape index (κ3) is 1.41. The Balaban J connectivity index is 3.56. The Labute approximate surface area is 84.2 Å². The summed E-state index contributed by atoms with van der Waals surface area (Å²) < 4.78 is 0.103.